The summed E-state index contributed by atoms with van der Waals surface area (Å²) in [6.45, 7) is -0.0662. The van der Waals surface area contributed by atoms with Crippen LogP contribution in [0.25, 0.3) is 0 Å². The number of hydrogen-bond acceptors (Lipinski definition) is 5. The Morgan fingerprint density at radius 3 is 2.41 bits per heavy atom. The van der Waals surface area contributed by atoms with Crippen molar-refractivity contribution in [1.82, 2.24) is 10.2 Å². The number of rotatable bonds is 6. The summed E-state index contributed by atoms with van der Waals surface area (Å²) < 4.78 is 5.20. The van der Waals surface area contributed by atoms with Crippen molar-refractivity contribution in [3.05, 3.63) is 71.8 Å². The van der Waals surface area contributed by atoms with Crippen LogP contribution in [0, 0.1) is 0 Å². The molecule has 1 aliphatic heterocycles. The molecule has 2 aromatic rings. The van der Waals surface area contributed by atoms with Crippen LogP contribution in [0.1, 0.15) is 16.4 Å². The first-order chi connectivity index (χ1) is 14.0. The third-order valence-corrected chi connectivity index (χ3v) is 5.81. The Hall–Kier alpha value is -3.00. The molecule has 0 saturated carbocycles. The highest BCUT2D eigenvalue weighted by Gasteiger charge is 2.34. The smallest absolute Gasteiger partial charge is 0.408 e. The normalized spacial score (nSPS) is 19.3. The molecule has 1 saturated heterocycles. The van der Waals surface area contributed by atoms with Crippen molar-refractivity contribution >= 4 is 29.7 Å². The first-order valence-corrected chi connectivity index (χ1v) is 10.2. The second kappa shape index (κ2) is 9.97. The number of aliphatic carboxylic acids is 1. The van der Waals surface area contributed by atoms with Gasteiger partial charge in [0, 0.05) is 17.5 Å². The van der Waals surface area contributed by atoms with E-state index in [1.165, 1.54) is 16.7 Å². The van der Waals surface area contributed by atoms with Gasteiger partial charge in [0.25, 0.3) is 0 Å². The molecule has 3 rings (SSSR count). The van der Waals surface area contributed by atoms with Gasteiger partial charge in [0.15, 0.2) is 0 Å². The van der Waals surface area contributed by atoms with Crippen molar-refractivity contribution in [2.75, 3.05) is 18.8 Å². The van der Waals surface area contributed by atoms with Crippen molar-refractivity contribution in [2.45, 2.75) is 17.9 Å². The molecule has 2 aromatic carbocycles. The zero-order valence-electron chi connectivity index (χ0n) is 15.7. The molecule has 2 amide bonds. The highest BCUT2D eigenvalue weighted by atomic mass is 32.2. The quantitative estimate of drug-likeness (QED) is 0.755. The van der Waals surface area contributed by atoms with E-state index >= 15 is 0 Å². The number of ether oxygens (including phenoxy) is 1. The number of benzene rings is 2. The third-order valence-electron chi connectivity index (χ3n) is 4.46. The largest absolute Gasteiger partial charge is 0.480 e. The molecule has 1 aliphatic rings. The molecule has 1 fully saturated rings. The molecular weight excluding hydrogens is 392 g/mol. The lowest BCUT2D eigenvalue weighted by molar-refractivity contribution is -0.144. The zero-order valence-corrected chi connectivity index (χ0v) is 16.5. The van der Waals surface area contributed by atoms with E-state index in [4.69, 9.17) is 4.74 Å². The van der Waals surface area contributed by atoms with E-state index in [2.05, 4.69) is 5.32 Å². The van der Waals surface area contributed by atoms with E-state index in [0.29, 0.717) is 5.75 Å². The van der Waals surface area contributed by atoms with E-state index in [9.17, 15) is 19.5 Å². The number of thioether (sulfide) groups is 1. The summed E-state index contributed by atoms with van der Waals surface area (Å²) in [6.07, 6.45) is -0.707. The van der Waals surface area contributed by atoms with Crippen LogP contribution in [0.15, 0.2) is 60.7 Å². The van der Waals surface area contributed by atoms with Gasteiger partial charge < -0.3 is 20.1 Å². The number of carbonyl (C=O) groups is 3. The summed E-state index contributed by atoms with van der Waals surface area (Å²) in [6, 6.07) is 18.0. The zero-order chi connectivity index (χ0) is 20.6. The molecule has 1 unspecified atom stereocenters. The van der Waals surface area contributed by atoms with Crippen LogP contribution < -0.4 is 5.32 Å². The Labute approximate surface area is 173 Å². The maximum atomic E-state index is 12.8. The second-order valence-electron chi connectivity index (χ2n) is 6.60. The van der Waals surface area contributed by atoms with E-state index in [0.717, 1.165) is 11.1 Å². The molecule has 29 heavy (non-hydrogen) atoms. The molecule has 1 heterocycles. The maximum absolute atomic E-state index is 12.8. The number of carbonyl (C=O) groups excluding carboxylic acids is 2. The van der Waals surface area contributed by atoms with Gasteiger partial charge in [-0.05, 0) is 11.1 Å². The van der Waals surface area contributed by atoms with Gasteiger partial charge in [-0.25, -0.2) is 4.79 Å². The Kier molecular flexibility index (Phi) is 7.13. The summed E-state index contributed by atoms with van der Waals surface area (Å²) >= 11 is 1.51. The van der Waals surface area contributed by atoms with Gasteiger partial charge in [-0.2, -0.15) is 0 Å². The molecular formula is C21H22N2O5S. The molecule has 152 valence electrons. The van der Waals surface area contributed by atoms with Crippen molar-refractivity contribution in [3.8, 4) is 0 Å². The monoisotopic (exact) mass is 414 g/mol. The molecule has 8 heteroatoms. The molecule has 0 aliphatic carbocycles. The van der Waals surface area contributed by atoms with Crippen LogP contribution in [-0.2, 0) is 20.9 Å². The average molecular weight is 414 g/mol. The molecule has 0 bridgehead atoms. The maximum Gasteiger partial charge on any atom is 0.408 e. The number of carboxylic acids is 1. The second-order valence-corrected chi connectivity index (χ2v) is 7.84. The third kappa shape index (κ3) is 5.99. The van der Waals surface area contributed by atoms with Gasteiger partial charge in [-0.15, -0.1) is 11.8 Å². The lowest BCUT2D eigenvalue weighted by atomic mass is 10.1. The number of hydrogen-bond donors (Lipinski definition) is 2. The lowest BCUT2D eigenvalue weighted by Gasteiger charge is -2.24. The molecule has 0 spiro atoms. The van der Waals surface area contributed by atoms with E-state index in [-0.39, 0.29) is 18.4 Å². The highest BCUT2D eigenvalue weighted by Crippen LogP contribution is 2.33. The van der Waals surface area contributed by atoms with E-state index in [1.807, 2.05) is 60.7 Å². The fraction of sp³-hybridized carbons (Fsp3) is 0.286. The first kappa shape index (κ1) is 20.7. The number of amides is 2. The van der Waals surface area contributed by atoms with Gasteiger partial charge in [-0.3, -0.25) is 9.59 Å². The van der Waals surface area contributed by atoms with Crippen molar-refractivity contribution in [3.63, 3.8) is 0 Å². The minimum absolute atomic E-state index is 0.0772. The van der Waals surface area contributed by atoms with Crippen LogP contribution in [0.3, 0.4) is 0 Å². The minimum atomic E-state index is -1.09. The molecule has 7 nitrogen and oxygen atoms in total. The van der Waals surface area contributed by atoms with Gasteiger partial charge in [0.05, 0.1) is 0 Å². The molecule has 2 N–H and O–H groups in total. The summed E-state index contributed by atoms with van der Waals surface area (Å²) in [4.78, 5) is 37.6. The van der Waals surface area contributed by atoms with Crippen molar-refractivity contribution < 1.29 is 24.2 Å². The van der Waals surface area contributed by atoms with Crippen molar-refractivity contribution in [1.29, 1.82) is 0 Å². The first-order valence-electron chi connectivity index (χ1n) is 9.17. The summed E-state index contributed by atoms with van der Waals surface area (Å²) in [5, 5.41) is 11.7. The number of nitrogens with one attached hydrogen (secondary N) is 1. The molecule has 0 radical (unpaired) electrons. The molecule has 2 atom stereocenters. The number of carboxylic acid groups (broad SMARTS) is 1. The predicted octanol–water partition coefficient (Wildman–Crippen LogP) is 2.68. The van der Waals surface area contributed by atoms with Crippen molar-refractivity contribution in [2.24, 2.45) is 0 Å². The average Bonchev–Trinajstić information content (AvgIpc) is 2.87. The Morgan fingerprint density at radius 1 is 1.10 bits per heavy atom. The Balaban J connectivity index is 1.66. The summed E-state index contributed by atoms with van der Waals surface area (Å²) in [5.74, 6) is -1.19. The van der Waals surface area contributed by atoms with E-state index in [1.54, 1.807) is 0 Å². The fourth-order valence-corrected chi connectivity index (χ4v) is 4.32. The Bertz CT molecular complexity index is 847. The summed E-state index contributed by atoms with van der Waals surface area (Å²) in [5.41, 5.74) is 1.84. The molecule has 0 aromatic heterocycles. The van der Waals surface area contributed by atoms with Crippen LogP contribution in [-0.4, -0.2) is 52.9 Å². The standard InChI is InChI=1S/C21H22N2O5S/c24-19(25)12-23-11-18(16-9-5-2-6-10-16)29-14-17(20(23)26)22-21(27)28-13-15-7-3-1-4-8-15/h1-10,17-18H,11-14H2,(H,22,27)(H,24,25)/t17?,18-/m0/s1. The van der Waals surface area contributed by atoms with Crippen LogP contribution in [0.4, 0.5) is 4.79 Å². The lowest BCUT2D eigenvalue weighted by Crippen LogP contribution is -2.50. The van der Waals surface area contributed by atoms with Gasteiger partial charge in [0.2, 0.25) is 5.91 Å². The SMILES string of the molecule is O=C(O)CN1C[C@@H](c2ccccc2)SCC(NC(=O)OCc2ccccc2)C1=O. The topological polar surface area (TPSA) is 95.9 Å². The number of nitrogens with zero attached hydrogens (tertiary/aromatic N) is 1. The highest BCUT2D eigenvalue weighted by molar-refractivity contribution is 7.99. The van der Waals surface area contributed by atoms with Gasteiger partial charge >= 0.3 is 12.1 Å². The van der Waals surface area contributed by atoms with E-state index < -0.39 is 30.6 Å². The van der Waals surface area contributed by atoms with Crippen LogP contribution >= 0.6 is 11.8 Å². The summed E-state index contributed by atoms with van der Waals surface area (Å²) in [7, 11) is 0. The van der Waals surface area contributed by atoms with Gasteiger partial charge in [0.1, 0.15) is 19.2 Å². The predicted molar refractivity (Wildman–Crippen MR) is 109 cm³/mol. The Morgan fingerprint density at radius 2 is 1.76 bits per heavy atom. The van der Waals surface area contributed by atoms with Crippen LogP contribution in [0.5, 0.6) is 0 Å². The number of alkyl carbamates (subject to hydrolysis) is 1. The van der Waals surface area contributed by atoms with Gasteiger partial charge in [-0.1, -0.05) is 60.7 Å². The van der Waals surface area contributed by atoms with Crippen LogP contribution in [0.2, 0.25) is 0 Å². The minimum Gasteiger partial charge on any atom is -0.480 e. The fourth-order valence-electron chi connectivity index (χ4n) is 3.03.